The molecule has 206 valence electrons. The first-order valence-corrected chi connectivity index (χ1v) is 13.2. The summed E-state index contributed by atoms with van der Waals surface area (Å²) in [7, 11) is 0. The van der Waals surface area contributed by atoms with Gasteiger partial charge in [0, 0.05) is 35.9 Å². The van der Waals surface area contributed by atoms with Gasteiger partial charge in [0.05, 0.1) is 11.1 Å². The second-order valence-electron chi connectivity index (χ2n) is 10.8. The number of alkyl carbamates (subject to hydrolysis) is 1. The number of anilines is 2. The minimum absolute atomic E-state index is 0.0373. The molecule has 5 amide bonds. The maximum atomic E-state index is 13.1. The minimum atomic E-state index is -0.626. The van der Waals surface area contributed by atoms with Gasteiger partial charge in [0.15, 0.2) is 0 Å². The first kappa shape index (κ1) is 27.8. The molecule has 2 aromatic rings. The number of fused-ring (bicyclic) bond motifs is 1. The summed E-state index contributed by atoms with van der Waals surface area (Å²) in [5.41, 5.74) is 1.11. The number of ether oxygens (including phenoxy) is 1. The summed E-state index contributed by atoms with van der Waals surface area (Å²) in [6.45, 7) is 5.36. The number of hydrogen-bond acceptors (Lipinski definition) is 6. The Morgan fingerprint density at radius 3 is 2.26 bits per heavy atom. The zero-order valence-electron chi connectivity index (χ0n) is 22.5. The summed E-state index contributed by atoms with van der Waals surface area (Å²) in [6, 6.07) is 11.1. The predicted octanol–water partition coefficient (Wildman–Crippen LogP) is 4.72. The highest BCUT2D eigenvalue weighted by atomic mass is 16.6. The van der Waals surface area contributed by atoms with Crippen LogP contribution in [0, 0.1) is 0 Å². The van der Waals surface area contributed by atoms with Gasteiger partial charge in [-0.05, 0) is 70.0 Å². The lowest BCUT2D eigenvalue weighted by atomic mass is 9.94. The van der Waals surface area contributed by atoms with Gasteiger partial charge >= 0.3 is 6.09 Å². The molecule has 0 atom stereocenters. The zero-order valence-corrected chi connectivity index (χ0v) is 22.5. The second kappa shape index (κ2) is 11.7. The number of carbonyl (C=O) groups is 5. The molecule has 0 bridgehead atoms. The van der Waals surface area contributed by atoms with Crippen LogP contribution in [0.1, 0.15) is 90.4 Å². The Labute approximate surface area is 227 Å². The van der Waals surface area contributed by atoms with E-state index in [1.54, 1.807) is 45.0 Å². The van der Waals surface area contributed by atoms with Gasteiger partial charge in [-0.3, -0.25) is 24.1 Å². The quantitative estimate of drug-likeness (QED) is 0.440. The van der Waals surface area contributed by atoms with Crippen molar-refractivity contribution in [2.45, 2.75) is 70.9 Å². The number of nitrogens with zero attached hydrogens (tertiary/aromatic N) is 1. The van der Waals surface area contributed by atoms with Crippen LogP contribution in [0.25, 0.3) is 0 Å². The molecule has 1 heterocycles. The van der Waals surface area contributed by atoms with Gasteiger partial charge in [0.1, 0.15) is 5.60 Å². The molecule has 0 saturated heterocycles. The molecule has 1 saturated carbocycles. The zero-order chi connectivity index (χ0) is 28.2. The van der Waals surface area contributed by atoms with E-state index in [0.717, 1.165) is 32.1 Å². The number of amides is 5. The van der Waals surface area contributed by atoms with E-state index in [1.165, 1.54) is 23.1 Å². The fourth-order valence-electron chi connectivity index (χ4n) is 4.77. The van der Waals surface area contributed by atoms with E-state index in [2.05, 4.69) is 16.0 Å². The number of benzene rings is 2. The number of imide groups is 1. The Bertz CT molecular complexity index is 1290. The van der Waals surface area contributed by atoms with Crippen molar-refractivity contribution in [3.63, 3.8) is 0 Å². The molecule has 0 spiro atoms. The summed E-state index contributed by atoms with van der Waals surface area (Å²) < 4.78 is 5.14. The third-order valence-electron chi connectivity index (χ3n) is 6.54. The van der Waals surface area contributed by atoms with Crippen molar-refractivity contribution in [2.75, 3.05) is 17.2 Å². The van der Waals surface area contributed by atoms with E-state index in [4.69, 9.17) is 4.74 Å². The second-order valence-corrected chi connectivity index (χ2v) is 10.8. The van der Waals surface area contributed by atoms with E-state index in [0.29, 0.717) is 16.9 Å². The van der Waals surface area contributed by atoms with Crippen molar-refractivity contribution >= 4 is 41.1 Å². The predicted molar refractivity (Wildman–Crippen MR) is 146 cm³/mol. The highest BCUT2D eigenvalue weighted by Crippen LogP contribution is 2.31. The fourth-order valence-corrected chi connectivity index (χ4v) is 4.77. The third-order valence-corrected chi connectivity index (χ3v) is 6.54. The number of rotatable bonds is 7. The lowest BCUT2D eigenvalue weighted by molar-refractivity contribution is -0.116. The van der Waals surface area contributed by atoms with Gasteiger partial charge in [-0.2, -0.15) is 0 Å². The number of carbonyl (C=O) groups excluding carboxylic acids is 5. The molecule has 10 nitrogen and oxygen atoms in total. The molecular weight excluding hydrogens is 500 g/mol. The van der Waals surface area contributed by atoms with Crippen LogP contribution in [0.2, 0.25) is 0 Å². The summed E-state index contributed by atoms with van der Waals surface area (Å²) in [4.78, 5) is 64.3. The summed E-state index contributed by atoms with van der Waals surface area (Å²) in [5.74, 6) is -1.40. The molecule has 0 unspecified atom stereocenters. The highest BCUT2D eigenvalue weighted by Gasteiger charge is 2.40. The average Bonchev–Trinajstić information content (AvgIpc) is 3.12. The van der Waals surface area contributed by atoms with Crippen LogP contribution in [0.15, 0.2) is 42.5 Å². The first-order chi connectivity index (χ1) is 18.5. The topological polar surface area (TPSA) is 134 Å². The van der Waals surface area contributed by atoms with Crippen molar-refractivity contribution in [1.29, 1.82) is 0 Å². The Hall–Kier alpha value is -4.21. The molecule has 2 aliphatic rings. The van der Waals surface area contributed by atoms with Gasteiger partial charge in [0.2, 0.25) is 5.91 Å². The maximum absolute atomic E-state index is 13.1. The van der Waals surface area contributed by atoms with Crippen molar-refractivity contribution in [2.24, 2.45) is 0 Å². The summed E-state index contributed by atoms with van der Waals surface area (Å²) >= 11 is 0. The van der Waals surface area contributed by atoms with Gasteiger partial charge in [0.25, 0.3) is 17.7 Å². The Morgan fingerprint density at radius 1 is 0.897 bits per heavy atom. The lowest BCUT2D eigenvalue weighted by Gasteiger charge is -2.29. The molecule has 4 rings (SSSR count). The summed E-state index contributed by atoms with van der Waals surface area (Å²) in [5, 5.41) is 8.03. The van der Waals surface area contributed by atoms with Crippen molar-refractivity contribution in [3.8, 4) is 0 Å². The molecular formula is C29H34N4O6. The van der Waals surface area contributed by atoms with Crippen LogP contribution < -0.4 is 16.0 Å². The van der Waals surface area contributed by atoms with E-state index in [-0.39, 0.29) is 47.9 Å². The fraction of sp³-hybridized carbons (Fsp3) is 0.414. The van der Waals surface area contributed by atoms with Crippen LogP contribution in [0.5, 0.6) is 0 Å². The molecule has 10 heteroatoms. The van der Waals surface area contributed by atoms with E-state index in [1.807, 2.05) is 0 Å². The molecule has 3 N–H and O–H groups in total. The molecule has 0 aromatic heterocycles. The van der Waals surface area contributed by atoms with Crippen LogP contribution in [0.3, 0.4) is 0 Å². The maximum Gasteiger partial charge on any atom is 0.407 e. The van der Waals surface area contributed by atoms with Gasteiger partial charge in [-0.15, -0.1) is 0 Å². The van der Waals surface area contributed by atoms with Gasteiger partial charge < -0.3 is 20.7 Å². The van der Waals surface area contributed by atoms with E-state index >= 15 is 0 Å². The third kappa shape index (κ3) is 7.01. The smallest absolute Gasteiger partial charge is 0.407 e. The molecule has 0 radical (unpaired) electrons. The highest BCUT2D eigenvalue weighted by molar-refractivity contribution is 6.22. The number of nitrogens with one attached hydrogen (secondary N) is 3. The van der Waals surface area contributed by atoms with E-state index in [9.17, 15) is 24.0 Å². The Kier molecular flexibility index (Phi) is 8.32. The Balaban J connectivity index is 1.34. The van der Waals surface area contributed by atoms with Crippen molar-refractivity contribution < 1.29 is 28.7 Å². The first-order valence-electron chi connectivity index (χ1n) is 13.2. The lowest BCUT2D eigenvalue weighted by Crippen LogP contribution is -2.40. The molecule has 1 aliphatic carbocycles. The van der Waals surface area contributed by atoms with Crippen molar-refractivity contribution in [3.05, 3.63) is 59.2 Å². The van der Waals surface area contributed by atoms with E-state index < -0.39 is 17.6 Å². The van der Waals surface area contributed by atoms with Gasteiger partial charge in [-0.1, -0.05) is 25.3 Å². The molecule has 1 fully saturated rings. The summed E-state index contributed by atoms with van der Waals surface area (Å²) in [6.07, 6.45) is 4.16. The number of hydrogen-bond donors (Lipinski definition) is 3. The molecule has 2 aromatic carbocycles. The SMILES string of the molecule is CC(C)(C)OC(=O)NCCC(=O)Nc1cccc(NC(=O)c2ccc3c(c2)C(=O)N(C2CCCCC2)C3=O)c1. The largest absolute Gasteiger partial charge is 0.444 e. The Morgan fingerprint density at radius 2 is 1.56 bits per heavy atom. The standard InChI is InChI=1S/C29H34N4O6/c1-29(2,3)39-28(38)30-15-14-24(34)31-19-8-7-9-20(17-19)32-25(35)18-12-13-22-23(16-18)27(37)33(26(22)36)21-10-5-4-6-11-21/h7-9,12-13,16-17,21H,4-6,10-11,14-15H2,1-3H3,(H,30,38)(H,31,34)(H,32,35). The molecule has 39 heavy (non-hydrogen) atoms. The minimum Gasteiger partial charge on any atom is -0.444 e. The van der Waals surface area contributed by atoms with Gasteiger partial charge in [-0.25, -0.2) is 4.79 Å². The van der Waals surface area contributed by atoms with Crippen LogP contribution in [-0.2, 0) is 9.53 Å². The van der Waals surface area contributed by atoms with Crippen LogP contribution in [-0.4, -0.2) is 52.8 Å². The van der Waals surface area contributed by atoms with Crippen LogP contribution in [0.4, 0.5) is 16.2 Å². The van der Waals surface area contributed by atoms with Crippen molar-refractivity contribution in [1.82, 2.24) is 10.2 Å². The normalized spacial score (nSPS) is 15.5. The average molecular weight is 535 g/mol. The van der Waals surface area contributed by atoms with Crippen LogP contribution >= 0.6 is 0 Å². The molecule has 1 aliphatic heterocycles. The monoisotopic (exact) mass is 534 g/mol.